The summed E-state index contributed by atoms with van der Waals surface area (Å²) in [6, 6.07) is 10.5. The highest BCUT2D eigenvalue weighted by atomic mass is 32.2. The normalized spacial score (nSPS) is 11.9. The number of benzene rings is 1. The van der Waals surface area contributed by atoms with Crippen molar-refractivity contribution in [2.75, 3.05) is 5.75 Å². The van der Waals surface area contributed by atoms with Crippen LogP contribution < -0.4 is 0 Å². The van der Waals surface area contributed by atoms with Crippen LogP contribution in [0.2, 0.25) is 0 Å². The lowest BCUT2D eigenvalue weighted by Crippen LogP contribution is -1.91. The van der Waals surface area contributed by atoms with Gasteiger partial charge in [-0.05, 0) is 31.0 Å². The fraction of sp³-hybridized carbons (Fsp3) is 0.522. The molecule has 1 heterocycles. The van der Waals surface area contributed by atoms with E-state index < -0.39 is 0 Å². The Kier molecular flexibility index (Phi) is 11.1. The van der Waals surface area contributed by atoms with Crippen molar-refractivity contribution in [2.45, 2.75) is 80.5 Å². The van der Waals surface area contributed by atoms with E-state index in [9.17, 15) is 0 Å². The van der Waals surface area contributed by atoms with E-state index >= 15 is 0 Å². The molecule has 1 atom stereocenters. The molecule has 0 aliphatic heterocycles. The zero-order valence-electron chi connectivity index (χ0n) is 17.1. The first-order chi connectivity index (χ1) is 13.7. The summed E-state index contributed by atoms with van der Waals surface area (Å²) in [5.41, 5.74) is 2.13. The van der Waals surface area contributed by atoms with Crippen molar-refractivity contribution in [2.24, 2.45) is 0 Å². The molecule has 28 heavy (non-hydrogen) atoms. The molecule has 0 bridgehead atoms. The summed E-state index contributed by atoms with van der Waals surface area (Å²) in [5.74, 6) is 1.09. The number of nitriles is 1. The van der Waals surface area contributed by atoms with E-state index in [0.29, 0.717) is 0 Å². The van der Waals surface area contributed by atoms with Crippen LogP contribution in [0.5, 0.6) is 0 Å². The number of aromatic nitrogens is 2. The molecule has 0 saturated heterocycles. The van der Waals surface area contributed by atoms with Crippen molar-refractivity contribution >= 4 is 23.5 Å². The van der Waals surface area contributed by atoms with Gasteiger partial charge in [0.25, 0.3) is 0 Å². The maximum absolute atomic E-state index is 8.91. The van der Waals surface area contributed by atoms with E-state index in [2.05, 4.69) is 47.2 Å². The number of hydrogen-bond donors (Lipinski definition) is 0. The Hall–Kier alpha value is -1.51. The van der Waals surface area contributed by atoms with Crippen LogP contribution in [0.25, 0.3) is 11.1 Å². The Bertz CT molecular complexity index is 708. The van der Waals surface area contributed by atoms with Gasteiger partial charge in [-0.2, -0.15) is 5.26 Å². The van der Waals surface area contributed by atoms with Crippen LogP contribution >= 0.6 is 23.5 Å². The van der Waals surface area contributed by atoms with Gasteiger partial charge in [0.15, 0.2) is 5.16 Å². The lowest BCUT2D eigenvalue weighted by molar-refractivity contribution is 0.586. The molecule has 0 saturated carbocycles. The molecule has 1 aromatic heterocycles. The van der Waals surface area contributed by atoms with Gasteiger partial charge in [-0.15, -0.1) is 11.8 Å². The molecule has 0 amide bonds. The highest BCUT2D eigenvalue weighted by molar-refractivity contribution is 8.00. The van der Waals surface area contributed by atoms with E-state index in [1.165, 1.54) is 51.4 Å². The third kappa shape index (κ3) is 8.67. The van der Waals surface area contributed by atoms with Crippen molar-refractivity contribution < 1.29 is 0 Å². The SMILES string of the molecule is CCCCCCCCCCSc1ncc(-c2ccc(S[C@H](C)C#N)cc2)cn1. The minimum Gasteiger partial charge on any atom is -0.230 e. The number of rotatable bonds is 13. The highest BCUT2D eigenvalue weighted by Gasteiger charge is 2.05. The van der Waals surface area contributed by atoms with E-state index in [4.69, 9.17) is 5.26 Å². The van der Waals surface area contributed by atoms with E-state index in [-0.39, 0.29) is 5.25 Å². The molecule has 0 aliphatic rings. The molecule has 150 valence electrons. The number of unbranched alkanes of at least 4 members (excludes halogenated alkanes) is 7. The van der Waals surface area contributed by atoms with Crippen LogP contribution in [0.4, 0.5) is 0 Å². The summed E-state index contributed by atoms with van der Waals surface area (Å²) in [4.78, 5) is 10.1. The molecule has 0 aliphatic carbocycles. The summed E-state index contributed by atoms with van der Waals surface area (Å²) in [5, 5.41) is 9.74. The van der Waals surface area contributed by atoms with Gasteiger partial charge >= 0.3 is 0 Å². The lowest BCUT2D eigenvalue weighted by Gasteiger charge is -2.06. The van der Waals surface area contributed by atoms with Gasteiger partial charge in [-0.3, -0.25) is 0 Å². The van der Waals surface area contributed by atoms with Crippen molar-refractivity contribution in [1.29, 1.82) is 5.26 Å². The Morgan fingerprint density at radius 2 is 1.50 bits per heavy atom. The van der Waals surface area contributed by atoms with E-state index in [1.54, 1.807) is 23.5 Å². The summed E-state index contributed by atoms with van der Waals surface area (Å²) in [6.07, 6.45) is 14.6. The fourth-order valence-corrected chi connectivity index (χ4v) is 4.44. The van der Waals surface area contributed by atoms with Gasteiger partial charge in [0, 0.05) is 28.6 Å². The molecule has 2 rings (SSSR count). The first kappa shape index (κ1) is 22.8. The van der Waals surface area contributed by atoms with Gasteiger partial charge in [0.05, 0.1) is 11.3 Å². The third-order valence-electron chi connectivity index (χ3n) is 4.54. The molecule has 0 N–H and O–H groups in total. The van der Waals surface area contributed by atoms with Crippen molar-refractivity contribution in [3.63, 3.8) is 0 Å². The standard InChI is InChI=1S/C23H31N3S2/c1-3-4-5-6-7-8-9-10-15-27-23-25-17-21(18-26-23)20-11-13-22(14-12-20)28-19(2)16-24/h11-14,17-19H,3-10,15H2,1-2H3/t19-/m1/s1. The quantitative estimate of drug-likeness (QED) is 0.195. The second kappa shape index (κ2) is 13.6. The summed E-state index contributed by atoms with van der Waals surface area (Å²) >= 11 is 3.33. The maximum Gasteiger partial charge on any atom is 0.187 e. The molecule has 0 unspecified atom stereocenters. The smallest absolute Gasteiger partial charge is 0.187 e. The van der Waals surface area contributed by atoms with Gasteiger partial charge in [-0.1, -0.05) is 75.8 Å². The number of nitrogens with zero attached hydrogens (tertiary/aromatic N) is 3. The number of hydrogen-bond acceptors (Lipinski definition) is 5. The molecular formula is C23H31N3S2. The second-order valence-corrected chi connectivity index (χ2v) is 9.47. The summed E-state index contributed by atoms with van der Waals surface area (Å²) < 4.78 is 0. The van der Waals surface area contributed by atoms with Crippen LogP contribution in [0.15, 0.2) is 46.7 Å². The molecule has 0 spiro atoms. The molecule has 2 aromatic rings. The Morgan fingerprint density at radius 3 is 2.11 bits per heavy atom. The van der Waals surface area contributed by atoms with Crippen molar-refractivity contribution in [3.8, 4) is 17.2 Å². The Balaban J connectivity index is 1.69. The average Bonchev–Trinajstić information content (AvgIpc) is 2.73. The maximum atomic E-state index is 8.91. The average molecular weight is 414 g/mol. The monoisotopic (exact) mass is 413 g/mol. The van der Waals surface area contributed by atoms with Gasteiger partial charge in [0.2, 0.25) is 0 Å². The first-order valence-electron chi connectivity index (χ1n) is 10.3. The third-order valence-corrected chi connectivity index (χ3v) is 6.50. The largest absolute Gasteiger partial charge is 0.230 e. The molecule has 0 radical (unpaired) electrons. The lowest BCUT2D eigenvalue weighted by atomic mass is 10.1. The number of thioether (sulfide) groups is 2. The van der Waals surface area contributed by atoms with E-state index in [1.807, 2.05) is 19.3 Å². The van der Waals surface area contributed by atoms with Crippen molar-refractivity contribution in [1.82, 2.24) is 9.97 Å². The predicted molar refractivity (Wildman–Crippen MR) is 122 cm³/mol. The van der Waals surface area contributed by atoms with Crippen molar-refractivity contribution in [3.05, 3.63) is 36.7 Å². The summed E-state index contributed by atoms with van der Waals surface area (Å²) in [6.45, 7) is 4.18. The van der Waals surface area contributed by atoms with Crippen LogP contribution in [0.1, 0.15) is 65.2 Å². The van der Waals surface area contributed by atoms with Crippen LogP contribution in [0.3, 0.4) is 0 Å². The zero-order chi connectivity index (χ0) is 20.0. The first-order valence-corrected chi connectivity index (χ1v) is 12.2. The molecule has 3 nitrogen and oxygen atoms in total. The van der Waals surface area contributed by atoms with Gasteiger partial charge < -0.3 is 0 Å². The van der Waals surface area contributed by atoms with Crippen LogP contribution in [-0.2, 0) is 0 Å². The van der Waals surface area contributed by atoms with Gasteiger partial charge in [0.1, 0.15) is 0 Å². The van der Waals surface area contributed by atoms with Crippen LogP contribution in [-0.4, -0.2) is 21.0 Å². The predicted octanol–water partition coefficient (Wildman–Crippen LogP) is 7.38. The molecular weight excluding hydrogens is 382 g/mol. The van der Waals surface area contributed by atoms with Crippen LogP contribution in [0, 0.1) is 11.3 Å². The Labute approximate surface area is 178 Å². The zero-order valence-corrected chi connectivity index (χ0v) is 18.7. The topological polar surface area (TPSA) is 49.6 Å². The highest BCUT2D eigenvalue weighted by Crippen LogP contribution is 2.26. The molecule has 1 aromatic carbocycles. The fourth-order valence-electron chi connectivity index (χ4n) is 2.90. The molecule has 0 fully saturated rings. The second-order valence-electron chi connectivity index (χ2n) is 6.99. The minimum atomic E-state index is -0.0356. The van der Waals surface area contributed by atoms with Gasteiger partial charge in [-0.25, -0.2) is 9.97 Å². The summed E-state index contributed by atoms with van der Waals surface area (Å²) in [7, 11) is 0. The van der Waals surface area contributed by atoms with E-state index in [0.717, 1.165) is 26.9 Å². The minimum absolute atomic E-state index is 0.0356. The Morgan fingerprint density at radius 1 is 0.893 bits per heavy atom. The molecule has 5 heteroatoms.